The molecule has 0 radical (unpaired) electrons. The minimum atomic E-state index is -0.876. The monoisotopic (exact) mass is 271 g/mol. The van der Waals surface area contributed by atoms with Crippen LogP contribution in [0.3, 0.4) is 0 Å². The SMILES string of the molecule is CCC(CC)(C(=O)O)c1csc(C(C)(C)OC)n1. The molecule has 0 aromatic carbocycles. The average Bonchev–Trinajstić information content (AvgIpc) is 2.82. The molecule has 1 rings (SSSR count). The van der Waals surface area contributed by atoms with Crippen LogP contribution in [0.25, 0.3) is 0 Å². The average molecular weight is 271 g/mol. The zero-order valence-corrected chi connectivity index (χ0v) is 12.4. The fraction of sp³-hybridized carbons (Fsp3) is 0.692. The van der Waals surface area contributed by atoms with Crippen molar-refractivity contribution in [3.63, 3.8) is 0 Å². The van der Waals surface area contributed by atoms with Gasteiger partial charge in [0.15, 0.2) is 0 Å². The van der Waals surface area contributed by atoms with Gasteiger partial charge in [-0.25, -0.2) is 4.98 Å². The van der Waals surface area contributed by atoms with E-state index in [1.807, 2.05) is 33.1 Å². The first-order valence-corrected chi connectivity index (χ1v) is 6.97. The number of nitrogens with zero attached hydrogens (tertiary/aromatic N) is 1. The second kappa shape index (κ2) is 5.36. The van der Waals surface area contributed by atoms with Crippen molar-refractivity contribution in [1.82, 2.24) is 4.98 Å². The second-order valence-corrected chi connectivity index (χ2v) is 5.70. The van der Waals surface area contributed by atoms with Crippen molar-refractivity contribution in [3.8, 4) is 0 Å². The Balaban J connectivity index is 3.22. The van der Waals surface area contributed by atoms with Crippen LogP contribution in [0, 0.1) is 0 Å². The zero-order chi connectivity index (χ0) is 14.0. The van der Waals surface area contributed by atoms with Crippen LogP contribution in [0.15, 0.2) is 5.38 Å². The molecule has 1 heterocycles. The molecule has 1 N–H and O–H groups in total. The highest BCUT2D eigenvalue weighted by molar-refractivity contribution is 7.09. The van der Waals surface area contributed by atoms with Crippen LogP contribution < -0.4 is 0 Å². The van der Waals surface area contributed by atoms with E-state index in [9.17, 15) is 9.90 Å². The first-order valence-electron chi connectivity index (χ1n) is 6.09. The third kappa shape index (κ3) is 2.42. The summed E-state index contributed by atoms with van der Waals surface area (Å²) in [6.45, 7) is 7.63. The van der Waals surface area contributed by atoms with Gasteiger partial charge in [0.2, 0.25) is 0 Å². The number of rotatable bonds is 6. The molecule has 0 spiro atoms. The summed E-state index contributed by atoms with van der Waals surface area (Å²) in [4.78, 5) is 16.0. The van der Waals surface area contributed by atoms with E-state index in [1.165, 1.54) is 11.3 Å². The summed E-state index contributed by atoms with van der Waals surface area (Å²) in [6.07, 6.45) is 1.07. The van der Waals surface area contributed by atoms with E-state index in [1.54, 1.807) is 7.11 Å². The zero-order valence-electron chi connectivity index (χ0n) is 11.6. The lowest BCUT2D eigenvalue weighted by Gasteiger charge is -2.25. The number of aromatic nitrogens is 1. The molecule has 18 heavy (non-hydrogen) atoms. The van der Waals surface area contributed by atoms with Crippen molar-refractivity contribution in [2.75, 3.05) is 7.11 Å². The third-order valence-corrected chi connectivity index (χ3v) is 4.78. The van der Waals surface area contributed by atoms with Gasteiger partial charge in [0.05, 0.1) is 5.69 Å². The van der Waals surface area contributed by atoms with E-state index in [-0.39, 0.29) is 0 Å². The molecular formula is C13H21NO3S. The number of carboxylic acids is 1. The van der Waals surface area contributed by atoms with Crippen LogP contribution in [0.2, 0.25) is 0 Å². The first-order chi connectivity index (χ1) is 8.34. The van der Waals surface area contributed by atoms with E-state index < -0.39 is 17.0 Å². The van der Waals surface area contributed by atoms with Crippen LogP contribution in [-0.2, 0) is 20.5 Å². The van der Waals surface area contributed by atoms with Gasteiger partial charge in [-0.1, -0.05) is 13.8 Å². The van der Waals surface area contributed by atoms with Crippen molar-refractivity contribution in [2.45, 2.75) is 51.6 Å². The maximum absolute atomic E-state index is 11.5. The lowest BCUT2D eigenvalue weighted by atomic mass is 9.80. The maximum Gasteiger partial charge on any atom is 0.315 e. The van der Waals surface area contributed by atoms with Crippen LogP contribution in [-0.4, -0.2) is 23.2 Å². The summed E-state index contributed by atoms with van der Waals surface area (Å²) in [6, 6.07) is 0. The normalized spacial score (nSPS) is 12.7. The Morgan fingerprint density at radius 3 is 2.39 bits per heavy atom. The van der Waals surface area contributed by atoms with Gasteiger partial charge in [0.1, 0.15) is 16.0 Å². The van der Waals surface area contributed by atoms with Gasteiger partial charge >= 0.3 is 5.97 Å². The Morgan fingerprint density at radius 1 is 1.44 bits per heavy atom. The molecule has 0 saturated heterocycles. The first kappa shape index (κ1) is 15.1. The number of hydrogen-bond acceptors (Lipinski definition) is 4. The molecule has 4 nitrogen and oxygen atoms in total. The standard InChI is InChI=1S/C13H21NO3S/c1-6-13(7-2,11(15)16)9-8-18-10(14-9)12(3,4)17-5/h8H,6-7H2,1-5H3,(H,15,16). The maximum atomic E-state index is 11.5. The molecule has 0 saturated carbocycles. The summed E-state index contributed by atoms with van der Waals surface area (Å²) in [5.41, 5.74) is -0.710. The predicted octanol–water partition coefficient (Wildman–Crippen LogP) is 3.17. The number of ether oxygens (including phenoxy) is 1. The molecule has 1 aromatic rings. The molecule has 5 heteroatoms. The summed E-state index contributed by atoms with van der Waals surface area (Å²) < 4.78 is 5.38. The van der Waals surface area contributed by atoms with Gasteiger partial charge < -0.3 is 9.84 Å². The van der Waals surface area contributed by atoms with Crippen LogP contribution in [0.1, 0.15) is 51.2 Å². The van der Waals surface area contributed by atoms with Crippen molar-refractivity contribution < 1.29 is 14.6 Å². The molecule has 1 aromatic heterocycles. The van der Waals surface area contributed by atoms with Gasteiger partial charge in [-0.2, -0.15) is 0 Å². The van der Waals surface area contributed by atoms with Gasteiger partial charge in [0, 0.05) is 12.5 Å². The Kier molecular flexibility index (Phi) is 4.50. The molecule has 0 fully saturated rings. The van der Waals surface area contributed by atoms with Crippen molar-refractivity contribution in [1.29, 1.82) is 0 Å². The van der Waals surface area contributed by atoms with Gasteiger partial charge in [-0.15, -0.1) is 11.3 Å². The molecule has 0 unspecified atom stereocenters. The van der Waals surface area contributed by atoms with E-state index in [0.717, 1.165) is 5.01 Å². The van der Waals surface area contributed by atoms with Crippen LogP contribution in [0.4, 0.5) is 0 Å². The molecule has 0 amide bonds. The molecule has 0 aliphatic rings. The number of thiazole rings is 1. The van der Waals surface area contributed by atoms with E-state index in [2.05, 4.69) is 4.98 Å². The molecular weight excluding hydrogens is 250 g/mol. The number of methoxy groups -OCH3 is 1. The quantitative estimate of drug-likeness (QED) is 0.863. The van der Waals surface area contributed by atoms with Crippen LogP contribution >= 0.6 is 11.3 Å². The van der Waals surface area contributed by atoms with Crippen LogP contribution in [0.5, 0.6) is 0 Å². The van der Waals surface area contributed by atoms with Gasteiger partial charge in [-0.05, 0) is 26.7 Å². The summed E-state index contributed by atoms with van der Waals surface area (Å²) in [5, 5.41) is 12.1. The summed E-state index contributed by atoms with van der Waals surface area (Å²) in [5.74, 6) is -0.806. The third-order valence-electron chi connectivity index (χ3n) is 3.64. The topological polar surface area (TPSA) is 59.4 Å². The summed E-state index contributed by atoms with van der Waals surface area (Å²) >= 11 is 1.46. The lowest BCUT2D eigenvalue weighted by molar-refractivity contribution is -0.144. The minimum absolute atomic E-state index is 0.478. The highest BCUT2D eigenvalue weighted by atomic mass is 32.1. The minimum Gasteiger partial charge on any atom is -0.481 e. The lowest BCUT2D eigenvalue weighted by Crippen LogP contribution is -2.35. The van der Waals surface area contributed by atoms with E-state index in [0.29, 0.717) is 18.5 Å². The van der Waals surface area contributed by atoms with E-state index >= 15 is 0 Å². The van der Waals surface area contributed by atoms with Gasteiger partial charge in [-0.3, -0.25) is 4.79 Å². The molecule has 0 aliphatic carbocycles. The second-order valence-electron chi connectivity index (χ2n) is 4.85. The Labute approximate surface area is 112 Å². The smallest absolute Gasteiger partial charge is 0.315 e. The predicted molar refractivity (Wildman–Crippen MR) is 72.0 cm³/mol. The molecule has 0 bridgehead atoms. The highest BCUT2D eigenvalue weighted by Gasteiger charge is 2.40. The molecule has 0 atom stereocenters. The number of carboxylic acid groups (broad SMARTS) is 1. The Morgan fingerprint density at radius 2 is 2.00 bits per heavy atom. The Bertz CT molecular complexity index is 422. The van der Waals surface area contributed by atoms with Crippen molar-refractivity contribution in [3.05, 3.63) is 16.1 Å². The summed E-state index contributed by atoms with van der Waals surface area (Å²) in [7, 11) is 1.63. The van der Waals surface area contributed by atoms with E-state index in [4.69, 9.17) is 4.74 Å². The fourth-order valence-corrected chi connectivity index (χ4v) is 2.90. The molecule has 0 aliphatic heterocycles. The highest BCUT2D eigenvalue weighted by Crippen LogP contribution is 2.36. The number of aliphatic carboxylic acids is 1. The fourth-order valence-electron chi connectivity index (χ4n) is 1.88. The van der Waals surface area contributed by atoms with Crippen molar-refractivity contribution >= 4 is 17.3 Å². The van der Waals surface area contributed by atoms with Crippen molar-refractivity contribution in [2.24, 2.45) is 0 Å². The largest absolute Gasteiger partial charge is 0.481 e. The van der Waals surface area contributed by atoms with Gasteiger partial charge in [0.25, 0.3) is 0 Å². The number of carbonyl (C=O) groups is 1. The molecule has 102 valence electrons. The Hall–Kier alpha value is -0.940. The number of hydrogen-bond donors (Lipinski definition) is 1.